The number of rotatable bonds is 3. The van der Waals surface area contributed by atoms with Crippen LogP contribution < -0.4 is 5.32 Å². The van der Waals surface area contributed by atoms with Gasteiger partial charge in [-0.3, -0.25) is 9.88 Å². The highest BCUT2D eigenvalue weighted by Crippen LogP contribution is 2.41. The molecule has 1 aliphatic heterocycles. The Labute approximate surface area is 121 Å². The molecule has 1 unspecified atom stereocenters. The van der Waals surface area contributed by atoms with Crippen molar-refractivity contribution in [2.24, 2.45) is 5.92 Å². The Hall–Kier alpha value is -0.930. The summed E-state index contributed by atoms with van der Waals surface area (Å²) in [5, 5.41) is 3.87. The van der Waals surface area contributed by atoms with Crippen LogP contribution in [0, 0.1) is 5.92 Å². The van der Waals surface area contributed by atoms with Crippen molar-refractivity contribution in [1.29, 1.82) is 0 Å². The maximum absolute atomic E-state index is 4.55. The molecule has 3 heteroatoms. The van der Waals surface area contributed by atoms with Gasteiger partial charge >= 0.3 is 0 Å². The van der Waals surface area contributed by atoms with Crippen molar-refractivity contribution in [1.82, 2.24) is 15.2 Å². The van der Waals surface area contributed by atoms with Crippen LogP contribution in [0.1, 0.15) is 44.2 Å². The van der Waals surface area contributed by atoms with E-state index in [1.54, 1.807) is 0 Å². The zero-order valence-corrected chi connectivity index (χ0v) is 12.2. The molecule has 1 spiro atoms. The fraction of sp³-hybridized carbons (Fsp3) is 0.706. The monoisotopic (exact) mass is 271 g/mol. The molecule has 2 saturated carbocycles. The standard InChI is InChI=1S/C17H25N3/c1-4-10-18-15(5-1)11-20-12-16(14-6-7-14)19-13-17(20)8-2-3-9-17/h1,4-5,10,14,16,19H,2-3,6-9,11-13H2. The minimum atomic E-state index is 0.420. The van der Waals surface area contributed by atoms with E-state index in [1.165, 1.54) is 57.3 Å². The van der Waals surface area contributed by atoms with Crippen molar-refractivity contribution in [3.8, 4) is 0 Å². The van der Waals surface area contributed by atoms with Gasteiger partial charge in [0.1, 0.15) is 0 Å². The SMILES string of the molecule is c1ccc(CN2CC(C3CC3)NCC23CCCC3)nc1. The topological polar surface area (TPSA) is 28.2 Å². The molecule has 0 radical (unpaired) electrons. The molecule has 3 aliphatic rings. The second-order valence-electron chi connectivity index (χ2n) is 6.96. The molecule has 20 heavy (non-hydrogen) atoms. The lowest BCUT2D eigenvalue weighted by molar-refractivity contribution is 0.0301. The van der Waals surface area contributed by atoms with E-state index in [9.17, 15) is 0 Å². The van der Waals surface area contributed by atoms with Gasteiger partial charge in [-0.1, -0.05) is 18.9 Å². The van der Waals surface area contributed by atoms with Crippen molar-refractivity contribution in [3.05, 3.63) is 30.1 Å². The second kappa shape index (κ2) is 5.12. The van der Waals surface area contributed by atoms with Crippen LogP contribution >= 0.6 is 0 Å². The lowest BCUT2D eigenvalue weighted by Crippen LogP contribution is -2.63. The first-order chi connectivity index (χ1) is 9.86. The molecule has 0 aromatic carbocycles. The summed E-state index contributed by atoms with van der Waals surface area (Å²) in [4.78, 5) is 7.32. The van der Waals surface area contributed by atoms with Gasteiger partial charge in [0, 0.05) is 37.4 Å². The quantitative estimate of drug-likeness (QED) is 0.916. The summed E-state index contributed by atoms with van der Waals surface area (Å²) >= 11 is 0. The summed E-state index contributed by atoms with van der Waals surface area (Å²) < 4.78 is 0. The predicted octanol–water partition coefficient (Wildman–Crippen LogP) is 2.58. The lowest BCUT2D eigenvalue weighted by Gasteiger charge is -2.48. The second-order valence-corrected chi connectivity index (χ2v) is 6.96. The highest BCUT2D eigenvalue weighted by molar-refractivity contribution is 5.09. The molecule has 0 amide bonds. The van der Waals surface area contributed by atoms with E-state index in [2.05, 4.69) is 27.3 Å². The Kier molecular flexibility index (Phi) is 3.27. The average Bonchev–Trinajstić information content (AvgIpc) is 3.23. The fourth-order valence-electron chi connectivity index (χ4n) is 4.19. The molecule has 3 fully saturated rings. The molecular weight excluding hydrogens is 246 g/mol. The number of hydrogen-bond acceptors (Lipinski definition) is 3. The van der Waals surface area contributed by atoms with E-state index in [0.29, 0.717) is 5.54 Å². The summed E-state index contributed by atoms with van der Waals surface area (Å²) in [5.74, 6) is 0.944. The summed E-state index contributed by atoms with van der Waals surface area (Å²) in [7, 11) is 0. The minimum absolute atomic E-state index is 0.420. The highest BCUT2D eigenvalue weighted by Gasteiger charge is 2.46. The summed E-state index contributed by atoms with van der Waals surface area (Å²) in [6.45, 7) is 3.45. The maximum atomic E-state index is 4.55. The predicted molar refractivity (Wildman–Crippen MR) is 80.4 cm³/mol. The number of nitrogens with one attached hydrogen (secondary N) is 1. The average molecular weight is 271 g/mol. The third-order valence-corrected chi connectivity index (χ3v) is 5.59. The van der Waals surface area contributed by atoms with Crippen LogP contribution in [0.3, 0.4) is 0 Å². The highest BCUT2D eigenvalue weighted by atomic mass is 15.3. The molecule has 1 N–H and O–H groups in total. The Morgan fingerprint density at radius 2 is 2.10 bits per heavy atom. The third kappa shape index (κ3) is 2.38. The van der Waals surface area contributed by atoms with Crippen molar-refractivity contribution in [2.75, 3.05) is 13.1 Å². The van der Waals surface area contributed by atoms with Crippen LogP contribution in [0.4, 0.5) is 0 Å². The Bertz CT molecular complexity index is 449. The van der Waals surface area contributed by atoms with E-state index in [4.69, 9.17) is 0 Å². The van der Waals surface area contributed by atoms with Gasteiger partial charge in [0.2, 0.25) is 0 Å². The summed E-state index contributed by atoms with van der Waals surface area (Å²) in [6.07, 6.45) is 10.3. The smallest absolute Gasteiger partial charge is 0.0544 e. The van der Waals surface area contributed by atoms with Crippen molar-refractivity contribution >= 4 is 0 Å². The van der Waals surface area contributed by atoms with E-state index in [0.717, 1.165) is 18.5 Å². The van der Waals surface area contributed by atoms with E-state index in [1.807, 2.05) is 12.3 Å². The van der Waals surface area contributed by atoms with Gasteiger partial charge in [-0.05, 0) is 43.7 Å². The van der Waals surface area contributed by atoms with Gasteiger partial charge in [0.15, 0.2) is 0 Å². The first-order valence-electron chi connectivity index (χ1n) is 8.24. The zero-order valence-electron chi connectivity index (χ0n) is 12.2. The van der Waals surface area contributed by atoms with Crippen molar-refractivity contribution in [3.63, 3.8) is 0 Å². The Morgan fingerprint density at radius 1 is 1.25 bits per heavy atom. The van der Waals surface area contributed by atoms with Gasteiger partial charge in [-0.15, -0.1) is 0 Å². The summed E-state index contributed by atoms with van der Waals surface area (Å²) in [6, 6.07) is 7.03. The zero-order chi connectivity index (χ0) is 13.4. The Balaban J connectivity index is 1.53. The van der Waals surface area contributed by atoms with E-state index >= 15 is 0 Å². The molecule has 1 atom stereocenters. The number of nitrogens with zero attached hydrogens (tertiary/aromatic N) is 2. The largest absolute Gasteiger partial charge is 0.311 e. The molecular formula is C17H25N3. The van der Waals surface area contributed by atoms with Gasteiger partial charge in [0.05, 0.1) is 5.69 Å². The van der Waals surface area contributed by atoms with E-state index in [-0.39, 0.29) is 0 Å². The fourth-order valence-corrected chi connectivity index (χ4v) is 4.19. The Morgan fingerprint density at radius 3 is 2.80 bits per heavy atom. The van der Waals surface area contributed by atoms with Crippen molar-refractivity contribution in [2.45, 2.75) is 56.7 Å². The van der Waals surface area contributed by atoms with Gasteiger partial charge < -0.3 is 5.32 Å². The van der Waals surface area contributed by atoms with Gasteiger partial charge in [0.25, 0.3) is 0 Å². The van der Waals surface area contributed by atoms with Gasteiger partial charge in [-0.2, -0.15) is 0 Å². The van der Waals surface area contributed by atoms with Crippen LogP contribution in [0.15, 0.2) is 24.4 Å². The first kappa shape index (κ1) is 12.8. The van der Waals surface area contributed by atoms with Crippen molar-refractivity contribution < 1.29 is 0 Å². The molecule has 1 saturated heterocycles. The number of hydrogen-bond donors (Lipinski definition) is 1. The van der Waals surface area contributed by atoms with Crippen LogP contribution in [0.25, 0.3) is 0 Å². The first-order valence-corrected chi connectivity index (χ1v) is 8.24. The number of pyridine rings is 1. The molecule has 4 rings (SSSR count). The maximum Gasteiger partial charge on any atom is 0.0544 e. The van der Waals surface area contributed by atoms with Crippen LogP contribution in [-0.4, -0.2) is 34.6 Å². The molecule has 3 nitrogen and oxygen atoms in total. The minimum Gasteiger partial charge on any atom is -0.311 e. The third-order valence-electron chi connectivity index (χ3n) is 5.59. The molecule has 108 valence electrons. The summed E-state index contributed by atoms with van der Waals surface area (Å²) in [5.41, 5.74) is 1.65. The molecule has 1 aromatic rings. The number of piperazine rings is 1. The number of aromatic nitrogens is 1. The molecule has 2 heterocycles. The molecule has 1 aromatic heterocycles. The van der Waals surface area contributed by atoms with Crippen LogP contribution in [0.2, 0.25) is 0 Å². The molecule has 2 aliphatic carbocycles. The van der Waals surface area contributed by atoms with Crippen LogP contribution in [0.5, 0.6) is 0 Å². The molecule has 0 bridgehead atoms. The van der Waals surface area contributed by atoms with Crippen LogP contribution in [-0.2, 0) is 6.54 Å². The lowest BCUT2D eigenvalue weighted by atomic mass is 9.89. The van der Waals surface area contributed by atoms with Gasteiger partial charge in [-0.25, -0.2) is 0 Å². The van der Waals surface area contributed by atoms with E-state index < -0.39 is 0 Å². The normalized spacial score (nSPS) is 29.9.